The fourth-order valence-corrected chi connectivity index (χ4v) is 0.834. The molecule has 0 aromatic carbocycles. The summed E-state index contributed by atoms with van der Waals surface area (Å²) < 4.78 is 0. The summed E-state index contributed by atoms with van der Waals surface area (Å²) >= 11 is 0. The first-order chi connectivity index (χ1) is 4.86. The third-order valence-corrected chi connectivity index (χ3v) is 1.27. The highest BCUT2D eigenvalue weighted by molar-refractivity contribution is 6.36. The molecule has 2 aliphatic heterocycles. The largest absolute Gasteiger partial charge is 0.305 e. The monoisotopic (exact) mass is 136 g/mol. The Hall–Kier alpha value is -1.52. The zero-order valence-electron chi connectivity index (χ0n) is 5.06. The van der Waals surface area contributed by atoms with Crippen LogP contribution in [0, 0.1) is 0 Å². The molecule has 0 aromatic heterocycles. The van der Waals surface area contributed by atoms with Crippen molar-refractivity contribution in [2.45, 2.75) is 0 Å². The van der Waals surface area contributed by atoms with E-state index in [9.17, 15) is 4.79 Å². The Kier molecular flexibility index (Phi) is 0.913. The molecule has 0 aliphatic carbocycles. The van der Waals surface area contributed by atoms with Crippen LogP contribution in [0.1, 0.15) is 0 Å². The van der Waals surface area contributed by atoms with E-state index >= 15 is 0 Å². The zero-order valence-corrected chi connectivity index (χ0v) is 5.06. The fourth-order valence-electron chi connectivity index (χ4n) is 0.834. The highest BCUT2D eigenvalue weighted by Gasteiger charge is 2.21. The number of amides is 1. The van der Waals surface area contributed by atoms with Crippen molar-refractivity contribution in [2.75, 3.05) is 6.54 Å². The number of hydrogen-bond donors (Lipinski definition) is 0. The molecular formula is C5H4N4O. The van der Waals surface area contributed by atoms with Crippen LogP contribution in [0.2, 0.25) is 0 Å². The van der Waals surface area contributed by atoms with E-state index in [0.29, 0.717) is 12.4 Å². The molecule has 10 heavy (non-hydrogen) atoms. The molecule has 0 N–H and O–H groups in total. The second-order valence-electron chi connectivity index (χ2n) is 1.97. The lowest BCUT2D eigenvalue weighted by Crippen LogP contribution is -2.29. The average molecular weight is 136 g/mol. The van der Waals surface area contributed by atoms with E-state index in [-0.39, 0.29) is 5.91 Å². The van der Waals surface area contributed by atoms with Gasteiger partial charge in [0.25, 0.3) is 5.91 Å². The summed E-state index contributed by atoms with van der Waals surface area (Å²) in [5.41, 5.74) is 0. The van der Waals surface area contributed by atoms with E-state index in [2.05, 4.69) is 15.2 Å². The van der Waals surface area contributed by atoms with Crippen molar-refractivity contribution in [3.8, 4) is 0 Å². The van der Waals surface area contributed by atoms with E-state index in [0.717, 1.165) is 0 Å². The molecule has 5 nitrogen and oxygen atoms in total. The van der Waals surface area contributed by atoms with Crippen molar-refractivity contribution >= 4 is 24.3 Å². The quantitative estimate of drug-likeness (QED) is 0.440. The second-order valence-corrected chi connectivity index (χ2v) is 1.97. The van der Waals surface area contributed by atoms with Gasteiger partial charge in [0.1, 0.15) is 12.9 Å². The summed E-state index contributed by atoms with van der Waals surface area (Å²) in [7, 11) is 0. The molecule has 0 bridgehead atoms. The van der Waals surface area contributed by atoms with Gasteiger partial charge in [-0.25, -0.2) is 0 Å². The van der Waals surface area contributed by atoms with Crippen LogP contribution < -0.4 is 0 Å². The van der Waals surface area contributed by atoms with Gasteiger partial charge in [-0.2, -0.15) is 10.1 Å². The summed E-state index contributed by atoms with van der Waals surface area (Å²) in [6.07, 6.45) is 2.95. The van der Waals surface area contributed by atoms with Gasteiger partial charge in [-0.15, -0.1) is 5.10 Å². The maximum absolute atomic E-state index is 10.7. The number of fused-ring (bicyclic) bond motifs is 1. The third kappa shape index (κ3) is 0.637. The number of hydrogen-bond acceptors (Lipinski definition) is 4. The molecule has 0 fully saturated rings. The number of rotatable bonds is 0. The van der Waals surface area contributed by atoms with Crippen LogP contribution in [0.15, 0.2) is 15.2 Å². The van der Waals surface area contributed by atoms with E-state index in [1.165, 1.54) is 12.6 Å². The molecule has 0 unspecified atom stereocenters. The molecule has 0 saturated heterocycles. The smallest absolute Gasteiger partial charge is 0.267 e. The van der Waals surface area contributed by atoms with Crippen molar-refractivity contribution in [3.63, 3.8) is 0 Å². The standard InChI is InChI=1S/C5H4N4O/c10-5-2-9-3-7-6-1-4(9)8-5/h1,3H,2H2. The van der Waals surface area contributed by atoms with Gasteiger partial charge < -0.3 is 4.90 Å². The summed E-state index contributed by atoms with van der Waals surface area (Å²) in [6.45, 7) is 0.296. The molecular weight excluding hydrogens is 132 g/mol. The SMILES string of the molecule is O=C1CN2C=NN=CC2=N1. The Morgan fingerprint density at radius 2 is 2.40 bits per heavy atom. The fraction of sp³-hybridized carbons (Fsp3) is 0.200. The maximum Gasteiger partial charge on any atom is 0.267 e. The maximum atomic E-state index is 10.7. The van der Waals surface area contributed by atoms with Crippen molar-refractivity contribution in [1.29, 1.82) is 0 Å². The highest BCUT2D eigenvalue weighted by Crippen LogP contribution is 2.01. The van der Waals surface area contributed by atoms with Crippen LogP contribution in [0.3, 0.4) is 0 Å². The van der Waals surface area contributed by atoms with Crippen LogP contribution >= 0.6 is 0 Å². The molecule has 0 aromatic rings. The predicted octanol–water partition coefficient (Wildman–Crippen LogP) is -0.745. The average Bonchev–Trinajstić information content (AvgIpc) is 2.27. The number of carbonyl (C=O) groups is 1. The first-order valence-corrected chi connectivity index (χ1v) is 2.81. The number of carbonyl (C=O) groups excluding carboxylic acids is 1. The lowest BCUT2D eigenvalue weighted by atomic mass is 10.5. The summed E-state index contributed by atoms with van der Waals surface area (Å²) in [5, 5.41) is 7.17. The molecule has 2 heterocycles. The lowest BCUT2D eigenvalue weighted by molar-refractivity contribution is -0.116. The molecule has 0 radical (unpaired) electrons. The van der Waals surface area contributed by atoms with Gasteiger partial charge >= 0.3 is 0 Å². The van der Waals surface area contributed by atoms with Gasteiger partial charge in [0, 0.05) is 0 Å². The van der Waals surface area contributed by atoms with Crippen molar-refractivity contribution in [1.82, 2.24) is 4.90 Å². The Balaban J connectivity index is 2.37. The van der Waals surface area contributed by atoms with E-state index < -0.39 is 0 Å². The molecule has 0 spiro atoms. The zero-order chi connectivity index (χ0) is 6.97. The Labute approximate surface area is 56.8 Å². The summed E-state index contributed by atoms with van der Waals surface area (Å²) in [4.78, 5) is 16.0. The van der Waals surface area contributed by atoms with Gasteiger partial charge in [0.05, 0.1) is 6.21 Å². The normalized spacial score (nSPS) is 21.4. The van der Waals surface area contributed by atoms with Crippen LogP contribution in [0.4, 0.5) is 0 Å². The predicted molar refractivity (Wildman–Crippen MR) is 36.1 cm³/mol. The van der Waals surface area contributed by atoms with E-state index in [1.54, 1.807) is 4.90 Å². The number of amidine groups is 1. The molecule has 1 amide bonds. The molecule has 2 rings (SSSR count). The van der Waals surface area contributed by atoms with Gasteiger partial charge in [-0.3, -0.25) is 4.79 Å². The van der Waals surface area contributed by atoms with Gasteiger partial charge in [-0.05, 0) is 0 Å². The first-order valence-electron chi connectivity index (χ1n) is 2.81. The minimum atomic E-state index is -0.144. The lowest BCUT2D eigenvalue weighted by Gasteiger charge is -2.10. The van der Waals surface area contributed by atoms with Crippen molar-refractivity contribution in [3.05, 3.63) is 0 Å². The van der Waals surface area contributed by atoms with Gasteiger partial charge in [-0.1, -0.05) is 0 Å². The van der Waals surface area contributed by atoms with Crippen molar-refractivity contribution < 1.29 is 4.79 Å². The Bertz CT molecular complexity index is 265. The highest BCUT2D eigenvalue weighted by atomic mass is 16.2. The topological polar surface area (TPSA) is 57.4 Å². The van der Waals surface area contributed by atoms with Crippen LogP contribution in [0.25, 0.3) is 0 Å². The number of nitrogens with zero attached hydrogens (tertiary/aromatic N) is 4. The summed E-state index contributed by atoms with van der Waals surface area (Å²) in [5.74, 6) is 0.440. The molecule has 50 valence electrons. The van der Waals surface area contributed by atoms with E-state index in [4.69, 9.17) is 0 Å². The molecule has 0 saturated carbocycles. The van der Waals surface area contributed by atoms with Crippen LogP contribution in [0.5, 0.6) is 0 Å². The second kappa shape index (κ2) is 1.73. The molecule has 5 heteroatoms. The van der Waals surface area contributed by atoms with E-state index in [1.807, 2.05) is 0 Å². The summed E-state index contributed by atoms with van der Waals surface area (Å²) in [6, 6.07) is 0. The minimum Gasteiger partial charge on any atom is -0.305 e. The molecule has 2 aliphatic rings. The van der Waals surface area contributed by atoms with Crippen molar-refractivity contribution in [2.24, 2.45) is 15.2 Å². The minimum absolute atomic E-state index is 0.144. The Morgan fingerprint density at radius 1 is 1.50 bits per heavy atom. The third-order valence-electron chi connectivity index (χ3n) is 1.27. The van der Waals surface area contributed by atoms with Gasteiger partial charge in [0.15, 0.2) is 5.84 Å². The molecule has 0 atom stereocenters. The van der Waals surface area contributed by atoms with Crippen LogP contribution in [-0.2, 0) is 4.79 Å². The van der Waals surface area contributed by atoms with Crippen LogP contribution in [-0.4, -0.2) is 35.7 Å². The van der Waals surface area contributed by atoms with Gasteiger partial charge in [0.2, 0.25) is 0 Å². The first kappa shape index (κ1) is 5.28. The number of aliphatic imine (C=N–C) groups is 1. The Morgan fingerprint density at radius 3 is 3.20 bits per heavy atom.